The number of nitrogens with one attached hydrogen (secondary N) is 1. The number of benzene rings is 1. The number of aromatic nitrogens is 7. The lowest BCUT2D eigenvalue weighted by molar-refractivity contribution is -0.0410. The lowest BCUT2D eigenvalue weighted by Crippen LogP contribution is -2.59. The number of rotatable bonds is 7. The van der Waals surface area contributed by atoms with Crippen LogP contribution in [0.1, 0.15) is 19.1 Å². The van der Waals surface area contributed by atoms with Crippen LogP contribution in [0.15, 0.2) is 49.2 Å². The van der Waals surface area contributed by atoms with Crippen LogP contribution in [0.4, 0.5) is 16.2 Å². The highest BCUT2D eigenvalue weighted by Crippen LogP contribution is 2.54. The van der Waals surface area contributed by atoms with Crippen LogP contribution in [-0.2, 0) is 11.8 Å². The molecule has 2 bridgehead atoms. The first-order valence-electron chi connectivity index (χ1n) is 13.7. The maximum atomic E-state index is 15.5. The second kappa shape index (κ2) is 9.08. The second-order valence-corrected chi connectivity index (χ2v) is 11.2. The van der Waals surface area contributed by atoms with Gasteiger partial charge in [-0.3, -0.25) is 4.68 Å². The van der Waals surface area contributed by atoms with E-state index in [1.54, 1.807) is 41.0 Å². The minimum atomic E-state index is -1.73. The van der Waals surface area contributed by atoms with Crippen LogP contribution in [-0.4, -0.2) is 70.4 Å². The van der Waals surface area contributed by atoms with Gasteiger partial charge in [0.1, 0.15) is 42.4 Å². The molecule has 0 amide bonds. The van der Waals surface area contributed by atoms with Crippen LogP contribution in [0.2, 0.25) is 0 Å². The number of nitrogens with two attached hydrogens (primary N) is 1. The SMILES string of the molecule is Cn1ccc(-c2cn([C@@H]3O[C@H](COc4ccc5cnc(NC6C7CC6C7)nc5c4)[C@@H](O)[C@@H]3F)c3ncnc(N)c23)n1. The first-order chi connectivity index (χ1) is 19.9. The number of ether oxygens (including phenoxy) is 2. The maximum absolute atomic E-state index is 15.5. The molecule has 41 heavy (non-hydrogen) atoms. The molecule has 0 unspecified atom stereocenters. The van der Waals surface area contributed by atoms with Gasteiger partial charge in [-0.15, -0.1) is 0 Å². The number of hydrogen-bond donors (Lipinski definition) is 3. The van der Waals surface area contributed by atoms with Crippen LogP contribution in [0.5, 0.6) is 5.75 Å². The Bertz CT molecular complexity index is 1780. The second-order valence-electron chi connectivity index (χ2n) is 11.2. The van der Waals surface area contributed by atoms with E-state index in [2.05, 4.69) is 30.4 Å². The van der Waals surface area contributed by atoms with E-state index in [0.29, 0.717) is 40.0 Å². The molecule has 0 spiro atoms. The van der Waals surface area contributed by atoms with E-state index in [1.807, 2.05) is 18.2 Å². The Morgan fingerprint density at radius 3 is 2.80 bits per heavy atom. The average molecular weight is 558 g/mol. The van der Waals surface area contributed by atoms with Crippen molar-refractivity contribution in [3.8, 4) is 17.0 Å². The fraction of sp³-hybridized carbons (Fsp3) is 0.393. The number of aliphatic hydroxyl groups is 1. The van der Waals surface area contributed by atoms with Crippen molar-refractivity contribution in [1.82, 2.24) is 34.3 Å². The van der Waals surface area contributed by atoms with Gasteiger partial charge in [0.2, 0.25) is 5.95 Å². The number of aliphatic hydroxyl groups excluding tert-OH is 1. The molecule has 5 aromatic rings. The third kappa shape index (κ3) is 3.90. The summed E-state index contributed by atoms with van der Waals surface area (Å²) in [5.41, 5.74) is 8.59. The molecule has 4 atom stereocenters. The molecule has 4 aliphatic rings. The Morgan fingerprint density at radius 2 is 2.05 bits per heavy atom. The number of nitrogen functional groups attached to an aromatic ring is 1. The van der Waals surface area contributed by atoms with Gasteiger partial charge in [0, 0.05) is 48.7 Å². The van der Waals surface area contributed by atoms with Crippen LogP contribution in [0, 0.1) is 11.8 Å². The Labute approximate surface area is 233 Å². The summed E-state index contributed by atoms with van der Waals surface area (Å²) >= 11 is 0. The summed E-state index contributed by atoms with van der Waals surface area (Å²) in [6, 6.07) is 7.78. The monoisotopic (exact) mass is 557 g/mol. The topological polar surface area (TPSA) is 151 Å². The summed E-state index contributed by atoms with van der Waals surface area (Å²) in [7, 11) is 1.80. The summed E-state index contributed by atoms with van der Waals surface area (Å²) < 4.78 is 30.7. The van der Waals surface area contributed by atoms with Gasteiger partial charge in [-0.25, -0.2) is 24.3 Å². The van der Waals surface area contributed by atoms with Crippen molar-refractivity contribution in [3.63, 3.8) is 0 Å². The third-order valence-electron chi connectivity index (χ3n) is 8.69. The molecule has 0 radical (unpaired) electrons. The standard InChI is InChI=1S/C28H28FN9O3/c1-37-5-4-18(36-37)17-10-38(26-21(17)25(30)32-12-33-26)27-22(29)24(39)20(41-27)11-40-16-3-2-13-9-31-28(34-19(13)8-16)35-23-14-6-15(23)7-14/h2-5,8-10,12,14-15,20,22-24,27,39H,6-7,11H2,1H3,(H2,30,32,33)(H,31,34,35)/t14?,15?,20-,22+,23?,24-,27-/m1/s1. The highest BCUT2D eigenvalue weighted by Gasteiger charge is 2.52. The number of hydrogen-bond acceptors (Lipinski definition) is 10. The van der Waals surface area contributed by atoms with E-state index < -0.39 is 24.6 Å². The Morgan fingerprint density at radius 1 is 1.20 bits per heavy atom. The summed E-state index contributed by atoms with van der Waals surface area (Å²) in [5, 5.41) is 20.1. The normalized spacial score (nSPS) is 28.5. The molecule has 4 N–H and O–H groups in total. The predicted molar refractivity (Wildman–Crippen MR) is 148 cm³/mol. The third-order valence-corrected chi connectivity index (χ3v) is 8.69. The molecule has 4 aromatic heterocycles. The van der Waals surface area contributed by atoms with Crippen molar-refractivity contribution >= 4 is 33.7 Å². The summed E-state index contributed by atoms with van der Waals surface area (Å²) in [6.07, 6.45) is 3.97. The van der Waals surface area contributed by atoms with Gasteiger partial charge in [0.05, 0.1) is 16.6 Å². The molecule has 3 aliphatic carbocycles. The van der Waals surface area contributed by atoms with Gasteiger partial charge >= 0.3 is 0 Å². The van der Waals surface area contributed by atoms with Crippen molar-refractivity contribution in [2.24, 2.45) is 18.9 Å². The van der Waals surface area contributed by atoms with Crippen molar-refractivity contribution in [1.29, 1.82) is 0 Å². The lowest BCUT2D eigenvalue weighted by atomic mass is 9.52. The molecule has 3 saturated carbocycles. The number of aryl methyl sites for hydroxylation is 1. The quantitative estimate of drug-likeness (QED) is 0.272. The first kappa shape index (κ1) is 24.4. The zero-order valence-corrected chi connectivity index (χ0v) is 22.1. The largest absolute Gasteiger partial charge is 0.491 e. The molecule has 1 saturated heterocycles. The predicted octanol–water partition coefficient (Wildman–Crippen LogP) is 2.85. The summed E-state index contributed by atoms with van der Waals surface area (Å²) in [6.45, 7) is -0.0609. The molecule has 5 heterocycles. The van der Waals surface area contributed by atoms with E-state index >= 15 is 4.39 Å². The smallest absolute Gasteiger partial charge is 0.223 e. The number of anilines is 2. The Kier molecular flexibility index (Phi) is 5.41. The summed E-state index contributed by atoms with van der Waals surface area (Å²) in [4.78, 5) is 17.6. The molecular formula is C28H28FN9O3. The van der Waals surface area contributed by atoms with Crippen molar-refractivity contribution in [3.05, 3.63) is 49.2 Å². The molecule has 13 heteroatoms. The number of nitrogens with zero attached hydrogens (tertiary/aromatic N) is 7. The van der Waals surface area contributed by atoms with E-state index in [4.69, 9.17) is 15.2 Å². The fourth-order valence-electron chi connectivity index (χ4n) is 6.13. The van der Waals surface area contributed by atoms with Crippen LogP contribution >= 0.6 is 0 Å². The van der Waals surface area contributed by atoms with Crippen LogP contribution < -0.4 is 15.8 Å². The van der Waals surface area contributed by atoms with Gasteiger partial charge in [-0.2, -0.15) is 5.10 Å². The first-order valence-corrected chi connectivity index (χ1v) is 13.7. The highest BCUT2D eigenvalue weighted by molar-refractivity contribution is 5.99. The number of fused-ring (bicyclic) bond motifs is 2. The van der Waals surface area contributed by atoms with Crippen LogP contribution in [0.3, 0.4) is 0 Å². The minimum Gasteiger partial charge on any atom is -0.491 e. The van der Waals surface area contributed by atoms with E-state index in [9.17, 15) is 5.11 Å². The van der Waals surface area contributed by atoms with Crippen molar-refractivity contribution in [2.75, 3.05) is 17.7 Å². The van der Waals surface area contributed by atoms with Gasteiger partial charge in [-0.05, 0) is 42.9 Å². The molecule has 9 rings (SSSR count). The zero-order chi connectivity index (χ0) is 27.8. The molecular weight excluding hydrogens is 529 g/mol. The van der Waals surface area contributed by atoms with Gasteiger partial charge in [0.25, 0.3) is 0 Å². The van der Waals surface area contributed by atoms with E-state index in [0.717, 1.165) is 22.7 Å². The Balaban J connectivity index is 1.02. The molecule has 1 aliphatic heterocycles. The molecule has 1 aromatic carbocycles. The number of alkyl halides is 1. The molecule has 210 valence electrons. The average Bonchev–Trinajstić information content (AvgIpc) is 3.61. The van der Waals surface area contributed by atoms with Gasteiger partial charge in [0.15, 0.2) is 12.4 Å². The van der Waals surface area contributed by atoms with E-state index in [-0.39, 0.29) is 12.4 Å². The number of halogens is 1. The lowest BCUT2D eigenvalue weighted by Gasteiger charge is -2.58. The van der Waals surface area contributed by atoms with Gasteiger partial charge in [-0.1, -0.05) is 0 Å². The maximum Gasteiger partial charge on any atom is 0.223 e. The minimum absolute atomic E-state index is 0.0609. The zero-order valence-electron chi connectivity index (χ0n) is 22.1. The molecule has 12 nitrogen and oxygen atoms in total. The van der Waals surface area contributed by atoms with Gasteiger partial charge < -0.3 is 30.2 Å². The Hall–Kier alpha value is -4.36. The summed E-state index contributed by atoms with van der Waals surface area (Å²) in [5.74, 6) is 2.87. The molecule has 4 fully saturated rings. The van der Waals surface area contributed by atoms with Crippen molar-refractivity contribution in [2.45, 2.75) is 43.5 Å². The highest BCUT2D eigenvalue weighted by atomic mass is 19.1. The van der Waals surface area contributed by atoms with Crippen molar-refractivity contribution < 1.29 is 19.0 Å². The van der Waals surface area contributed by atoms with Crippen LogP contribution in [0.25, 0.3) is 33.2 Å². The fourth-order valence-corrected chi connectivity index (χ4v) is 6.13. The van der Waals surface area contributed by atoms with E-state index in [1.165, 1.54) is 19.2 Å².